The van der Waals surface area contributed by atoms with Gasteiger partial charge in [0.2, 0.25) is 0 Å². The Kier molecular flexibility index (Phi) is 5.58. The van der Waals surface area contributed by atoms with E-state index in [1.54, 1.807) is 36.7 Å². The summed E-state index contributed by atoms with van der Waals surface area (Å²) in [6, 6.07) is 13.0. The van der Waals surface area contributed by atoms with Gasteiger partial charge in [0, 0.05) is 54.2 Å². The number of carbonyl (C=O) groups excluding carboxylic acids is 1. The van der Waals surface area contributed by atoms with Crippen molar-refractivity contribution in [3.63, 3.8) is 0 Å². The van der Waals surface area contributed by atoms with Gasteiger partial charge in [-0.15, -0.1) is 0 Å². The summed E-state index contributed by atoms with van der Waals surface area (Å²) >= 11 is 5.96. The summed E-state index contributed by atoms with van der Waals surface area (Å²) in [4.78, 5) is 18.6. The van der Waals surface area contributed by atoms with Crippen LogP contribution >= 0.6 is 11.6 Å². The molecule has 1 aromatic carbocycles. The van der Waals surface area contributed by atoms with Gasteiger partial charge < -0.3 is 10.2 Å². The predicted octanol–water partition coefficient (Wildman–Crippen LogP) is 3.77. The van der Waals surface area contributed by atoms with Crippen molar-refractivity contribution < 1.29 is 4.79 Å². The highest BCUT2D eigenvalue weighted by Gasteiger charge is 2.22. The fourth-order valence-corrected chi connectivity index (χ4v) is 3.68. The molecule has 3 aromatic rings. The average Bonchev–Trinajstić information content (AvgIpc) is 3.23. The number of H-pyrrole nitrogens is 1. The number of nitrogens with one attached hydrogen (secondary N) is 2. The van der Waals surface area contributed by atoms with Crippen LogP contribution in [0.15, 0.2) is 54.9 Å². The highest BCUT2D eigenvalue weighted by molar-refractivity contribution is 6.30. The number of hydrogen-bond acceptors (Lipinski definition) is 4. The van der Waals surface area contributed by atoms with Gasteiger partial charge in [-0.1, -0.05) is 17.7 Å². The van der Waals surface area contributed by atoms with Crippen LogP contribution in [0.5, 0.6) is 0 Å². The van der Waals surface area contributed by atoms with Crippen LogP contribution in [0.4, 0.5) is 5.82 Å². The third-order valence-electron chi connectivity index (χ3n) is 5.13. The van der Waals surface area contributed by atoms with Crippen molar-refractivity contribution in [3.8, 4) is 11.3 Å². The third-order valence-corrected chi connectivity index (χ3v) is 5.37. The fraction of sp³-hybridized carbons (Fsp3) is 0.286. The first kappa shape index (κ1) is 18.5. The molecule has 0 bridgehead atoms. The van der Waals surface area contributed by atoms with Gasteiger partial charge >= 0.3 is 0 Å². The van der Waals surface area contributed by atoms with Crippen LogP contribution in [0, 0.1) is 5.92 Å². The summed E-state index contributed by atoms with van der Waals surface area (Å²) in [7, 11) is 0. The van der Waals surface area contributed by atoms with Gasteiger partial charge in [0.1, 0.15) is 0 Å². The van der Waals surface area contributed by atoms with E-state index >= 15 is 0 Å². The summed E-state index contributed by atoms with van der Waals surface area (Å²) in [5, 5.41) is 11.2. The van der Waals surface area contributed by atoms with Crippen LogP contribution in [0.3, 0.4) is 0 Å². The van der Waals surface area contributed by atoms with Crippen molar-refractivity contribution in [2.45, 2.75) is 12.8 Å². The number of amides is 1. The van der Waals surface area contributed by atoms with Gasteiger partial charge in [0.15, 0.2) is 5.82 Å². The number of halogens is 1. The Morgan fingerprint density at radius 1 is 1.18 bits per heavy atom. The predicted molar refractivity (Wildman–Crippen MR) is 111 cm³/mol. The van der Waals surface area contributed by atoms with Crippen LogP contribution in [-0.2, 0) is 0 Å². The molecule has 1 aliphatic rings. The average molecular weight is 396 g/mol. The third kappa shape index (κ3) is 4.34. The van der Waals surface area contributed by atoms with E-state index in [0.717, 1.165) is 43.0 Å². The van der Waals surface area contributed by atoms with Gasteiger partial charge in [-0.2, -0.15) is 5.10 Å². The second kappa shape index (κ2) is 8.44. The normalized spacial score (nSPS) is 14.8. The number of piperidine rings is 1. The van der Waals surface area contributed by atoms with Crippen LogP contribution in [0.1, 0.15) is 23.2 Å². The number of anilines is 1. The van der Waals surface area contributed by atoms with E-state index in [2.05, 4.69) is 31.5 Å². The van der Waals surface area contributed by atoms with Gasteiger partial charge in [-0.25, -0.2) is 0 Å². The Labute approximate surface area is 168 Å². The minimum Gasteiger partial charge on any atom is -0.355 e. The maximum absolute atomic E-state index is 12.3. The van der Waals surface area contributed by atoms with Gasteiger partial charge in [-0.3, -0.25) is 14.9 Å². The molecule has 0 aliphatic carbocycles. The standard InChI is InChI=1S/C21H22ClN5O/c22-18-3-1-2-17(12-18)21(28)24-14-15-6-10-27(11-7-15)20-13-19(25-26-20)16-4-8-23-9-5-16/h1-5,8-9,12-13,15H,6-7,10-11,14H2,(H,24,28)(H,25,26). The molecule has 1 fully saturated rings. The highest BCUT2D eigenvalue weighted by Crippen LogP contribution is 2.25. The van der Waals surface area contributed by atoms with Crippen molar-refractivity contribution in [2.24, 2.45) is 5.92 Å². The lowest BCUT2D eigenvalue weighted by Crippen LogP contribution is -2.38. The summed E-state index contributed by atoms with van der Waals surface area (Å²) < 4.78 is 0. The summed E-state index contributed by atoms with van der Waals surface area (Å²) in [6.07, 6.45) is 5.60. The van der Waals surface area contributed by atoms with Crippen molar-refractivity contribution in [2.75, 3.05) is 24.5 Å². The summed E-state index contributed by atoms with van der Waals surface area (Å²) in [6.45, 7) is 2.54. The van der Waals surface area contributed by atoms with E-state index in [1.807, 2.05) is 12.1 Å². The SMILES string of the molecule is O=C(NCC1CCN(c2cc(-c3ccncc3)[nH]n2)CC1)c1cccc(Cl)c1. The Morgan fingerprint density at radius 2 is 1.96 bits per heavy atom. The van der Waals surface area contributed by atoms with Crippen LogP contribution in [0.25, 0.3) is 11.3 Å². The van der Waals surface area contributed by atoms with Crippen LogP contribution in [-0.4, -0.2) is 40.7 Å². The molecular formula is C21H22ClN5O. The zero-order valence-electron chi connectivity index (χ0n) is 15.4. The molecule has 7 heteroatoms. The Morgan fingerprint density at radius 3 is 2.71 bits per heavy atom. The minimum atomic E-state index is -0.0702. The van der Waals surface area contributed by atoms with Crippen molar-refractivity contribution in [3.05, 3.63) is 65.4 Å². The highest BCUT2D eigenvalue weighted by atomic mass is 35.5. The number of benzene rings is 1. The monoisotopic (exact) mass is 395 g/mol. The van der Waals surface area contributed by atoms with E-state index in [0.29, 0.717) is 23.0 Å². The second-order valence-corrected chi connectivity index (χ2v) is 7.46. The van der Waals surface area contributed by atoms with E-state index in [1.165, 1.54) is 0 Å². The quantitative estimate of drug-likeness (QED) is 0.689. The topological polar surface area (TPSA) is 73.9 Å². The van der Waals surface area contributed by atoms with Crippen molar-refractivity contribution in [1.82, 2.24) is 20.5 Å². The molecule has 6 nitrogen and oxygen atoms in total. The molecule has 28 heavy (non-hydrogen) atoms. The second-order valence-electron chi connectivity index (χ2n) is 7.03. The molecule has 2 aromatic heterocycles. The molecule has 2 N–H and O–H groups in total. The van der Waals surface area contributed by atoms with E-state index in [4.69, 9.17) is 11.6 Å². The van der Waals surface area contributed by atoms with Crippen molar-refractivity contribution in [1.29, 1.82) is 0 Å². The van der Waals surface area contributed by atoms with Crippen LogP contribution in [0.2, 0.25) is 5.02 Å². The maximum atomic E-state index is 12.3. The molecule has 1 aliphatic heterocycles. The molecule has 3 heterocycles. The zero-order chi connectivity index (χ0) is 19.3. The van der Waals surface area contributed by atoms with Crippen LogP contribution < -0.4 is 10.2 Å². The molecule has 0 saturated carbocycles. The lowest BCUT2D eigenvalue weighted by atomic mass is 9.96. The fourth-order valence-electron chi connectivity index (χ4n) is 3.49. The molecule has 0 unspecified atom stereocenters. The van der Waals surface area contributed by atoms with E-state index in [-0.39, 0.29) is 5.91 Å². The number of aromatic amines is 1. The summed E-state index contributed by atoms with van der Waals surface area (Å²) in [5.74, 6) is 1.37. The Bertz CT molecular complexity index is 935. The van der Waals surface area contributed by atoms with Gasteiger partial charge in [0.25, 0.3) is 5.91 Å². The maximum Gasteiger partial charge on any atom is 0.251 e. The molecule has 1 saturated heterocycles. The molecule has 4 rings (SSSR count). The molecule has 1 amide bonds. The number of hydrogen-bond donors (Lipinski definition) is 2. The van der Waals surface area contributed by atoms with Crippen molar-refractivity contribution >= 4 is 23.3 Å². The summed E-state index contributed by atoms with van der Waals surface area (Å²) in [5.41, 5.74) is 2.67. The lowest BCUT2D eigenvalue weighted by molar-refractivity contribution is 0.0945. The minimum absolute atomic E-state index is 0.0702. The van der Waals surface area contributed by atoms with Gasteiger partial charge in [-0.05, 0) is 49.1 Å². The molecule has 144 valence electrons. The zero-order valence-corrected chi connectivity index (χ0v) is 16.2. The Balaban J connectivity index is 1.28. The Hall–Kier alpha value is -2.86. The number of aromatic nitrogens is 3. The number of nitrogens with zero attached hydrogens (tertiary/aromatic N) is 3. The number of carbonyl (C=O) groups is 1. The first-order valence-corrected chi connectivity index (χ1v) is 9.81. The lowest BCUT2D eigenvalue weighted by Gasteiger charge is -2.32. The largest absolute Gasteiger partial charge is 0.355 e. The molecular weight excluding hydrogens is 374 g/mol. The van der Waals surface area contributed by atoms with Gasteiger partial charge in [0.05, 0.1) is 5.69 Å². The van der Waals surface area contributed by atoms with E-state index < -0.39 is 0 Å². The number of rotatable bonds is 5. The number of pyridine rings is 1. The van der Waals surface area contributed by atoms with E-state index in [9.17, 15) is 4.79 Å². The first-order chi connectivity index (χ1) is 13.7. The molecule has 0 radical (unpaired) electrons. The first-order valence-electron chi connectivity index (χ1n) is 9.43. The smallest absolute Gasteiger partial charge is 0.251 e. The molecule has 0 atom stereocenters. The molecule has 0 spiro atoms.